The first-order chi connectivity index (χ1) is 16.4. The van der Waals surface area contributed by atoms with Crippen LogP contribution in [0.1, 0.15) is 18.9 Å². The van der Waals surface area contributed by atoms with Crippen molar-refractivity contribution in [1.29, 1.82) is 0 Å². The molecule has 0 spiro atoms. The van der Waals surface area contributed by atoms with Crippen molar-refractivity contribution in [3.8, 4) is 11.3 Å². The Labute approximate surface area is 194 Å². The second-order valence-corrected chi connectivity index (χ2v) is 8.41. The van der Waals surface area contributed by atoms with E-state index in [1.165, 1.54) is 0 Å². The first-order valence-electron chi connectivity index (χ1n) is 11.1. The van der Waals surface area contributed by atoms with Crippen LogP contribution in [0.5, 0.6) is 0 Å². The first-order valence-corrected chi connectivity index (χ1v) is 11.1. The number of carbonyl (C=O) groups excluding carboxylic acids is 1. The molecule has 10 nitrogen and oxygen atoms in total. The molecule has 3 N–H and O–H groups in total. The van der Waals surface area contributed by atoms with Gasteiger partial charge in [0.2, 0.25) is 11.9 Å². The van der Waals surface area contributed by atoms with Crippen LogP contribution in [0.15, 0.2) is 41.5 Å². The number of fused-ring (bicyclic) bond motifs is 3. The van der Waals surface area contributed by atoms with Gasteiger partial charge in [0.15, 0.2) is 0 Å². The number of anilines is 1. The molecule has 0 aliphatic carbocycles. The van der Waals surface area contributed by atoms with Crippen LogP contribution in [0.4, 0.5) is 5.95 Å². The van der Waals surface area contributed by atoms with E-state index in [4.69, 9.17) is 10.1 Å². The maximum Gasteiger partial charge on any atom is 0.303 e. The highest BCUT2D eigenvalue weighted by molar-refractivity contribution is 6.07. The third kappa shape index (κ3) is 3.98. The molecule has 5 rings (SSSR count). The van der Waals surface area contributed by atoms with E-state index in [1.54, 1.807) is 19.3 Å². The number of aromatic nitrogens is 4. The molecule has 1 aliphatic rings. The molecule has 1 aromatic carbocycles. The van der Waals surface area contributed by atoms with Gasteiger partial charge >= 0.3 is 5.97 Å². The molecule has 34 heavy (non-hydrogen) atoms. The van der Waals surface area contributed by atoms with E-state index in [0.29, 0.717) is 49.6 Å². The summed E-state index contributed by atoms with van der Waals surface area (Å²) in [6, 6.07) is 7.54. The minimum atomic E-state index is -0.887. The van der Waals surface area contributed by atoms with Gasteiger partial charge in [-0.1, -0.05) is 6.07 Å². The molecule has 0 radical (unpaired) electrons. The highest BCUT2D eigenvalue weighted by atomic mass is 16.4. The highest BCUT2D eigenvalue weighted by Crippen LogP contribution is 2.30. The Morgan fingerprint density at radius 1 is 1.15 bits per heavy atom. The largest absolute Gasteiger partial charge is 0.481 e. The quantitative estimate of drug-likeness (QED) is 0.415. The van der Waals surface area contributed by atoms with Crippen LogP contribution in [0.25, 0.3) is 33.1 Å². The fourth-order valence-corrected chi connectivity index (χ4v) is 4.48. The number of amides is 1. The van der Waals surface area contributed by atoms with Gasteiger partial charge in [0.05, 0.1) is 5.69 Å². The van der Waals surface area contributed by atoms with Crippen molar-refractivity contribution in [3.63, 3.8) is 0 Å². The number of carboxylic acids is 1. The fourth-order valence-electron chi connectivity index (χ4n) is 4.48. The average molecular weight is 460 g/mol. The van der Waals surface area contributed by atoms with Crippen LogP contribution >= 0.6 is 0 Å². The first kappa shape index (κ1) is 21.6. The summed E-state index contributed by atoms with van der Waals surface area (Å²) < 4.78 is 0. The number of nitrogens with one attached hydrogen (secondary N) is 2. The molecule has 1 amide bonds. The summed E-state index contributed by atoms with van der Waals surface area (Å²) in [7, 11) is 0. The zero-order chi connectivity index (χ0) is 23.8. The summed E-state index contributed by atoms with van der Waals surface area (Å²) in [5.41, 5.74) is 3.24. The number of carbonyl (C=O) groups is 2. The molecule has 0 atom stereocenters. The fraction of sp³-hybridized carbons (Fsp3) is 0.292. The molecule has 174 valence electrons. The van der Waals surface area contributed by atoms with Gasteiger partial charge in [-0.3, -0.25) is 14.4 Å². The number of hydrogen-bond acceptors (Lipinski definition) is 6. The van der Waals surface area contributed by atoms with Crippen molar-refractivity contribution >= 4 is 39.6 Å². The molecular weight excluding hydrogens is 436 g/mol. The second kappa shape index (κ2) is 8.62. The number of carboxylic acid groups (broad SMARTS) is 1. The van der Waals surface area contributed by atoms with Crippen molar-refractivity contribution in [3.05, 3.63) is 52.6 Å². The normalized spacial score (nSPS) is 14.1. The van der Waals surface area contributed by atoms with Crippen LogP contribution in [0.2, 0.25) is 0 Å². The van der Waals surface area contributed by atoms with E-state index in [0.717, 1.165) is 27.6 Å². The Morgan fingerprint density at radius 3 is 2.68 bits per heavy atom. The molecule has 0 unspecified atom stereocenters. The van der Waals surface area contributed by atoms with Crippen molar-refractivity contribution in [2.75, 3.05) is 31.1 Å². The number of hydrogen-bond donors (Lipinski definition) is 3. The van der Waals surface area contributed by atoms with E-state index in [2.05, 4.69) is 19.9 Å². The van der Waals surface area contributed by atoms with Crippen LogP contribution in [0.3, 0.4) is 0 Å². The van der Waals surface area contributed by atoms with Gasteiger partial charge in [-0.2, -0.15) is 0 Å². The third-order valence-electron chi connectivity index (χ3n) is 6.28. The van der Waals surface area contributed by atoms with E-state index in [1.807, 2.05) is 29.2 Å². The number of nitrogens with zero attached hydrogens (tertiary/aromatic N) is 4. The van der Waals surface area contributed by atoms with Gasteiger partial charge in [-0.25, -0.2) is 9.97 Å². The summed E-state index contributed by atoms with van der Waals surface area (Å²) in [5, 5.41) is 10.7. The number of aliphatic carboxylic acids is 1. The molecular formula is C24H24N6O4. The summed E-state index contributed by atoms with van der Waals surface area (Å²) in [6.07, 6.45) is 3.73. The lowest BCUT2D eigenvalue weighted by molar-refractivity contribution is -0.137. The number of aromatic amines is 2. The van der Waals surface area contributed by atoms with Crippen LogP contribution in [-0.2, 0) is 16.0 Å². The minimum Gasteiger partial charge on any atom is -0.481 e. The number of piperazine rings is 1. The van der Waals surface area contributed by atoms with Crippen LogP contribution in [0, 0.1) is 0 Å². The van der Waals surface area contributed by atoms with Crippen molar-refractivity contribution < 1.29 is 14.7 Å². The van der Waals surface area contributed by atoms with Gasteiger partial charge in [0.1, 0.15) is 5.52 Å². The van der Waals surface area contributed by atoms with E-state index in [-0.39, 0.29) is 17.9 Å². The number of benzene rings is 1. The lowest BCUT2D eigenvalue weighted by Gasteiger charge is -2.34. The van der Waals surface area contributed by atoms with Gasteiger partial charge in [-0.15, -0.1) is 0 Å². The monoisotopic (exact) mass is 460 g/mol. The molecule has 4 aromatic rings. The second-order valence-electron chi connectivity index (χ2n) is 8.41. The van der Waals surface area contributed by atoms with E-state index in [9.17, 15) is 14.4 Å². The van der Waals surface area contributed by atoms with E-state index >= 15 is 0 Å². The number of pyridine rings is 1. The predicted octanol–water partition coefficient (Wildman–Crippen LogP) is 2.15. The number of rotatable bonds is 5. The van der Waals surface area contributed by atoms with Crippen molar-refractivity contribution in [1.82, 2.24) is 24.8 Å². The molecule has 0 bridgehead atoms. The van der Waals surface area contributed by atoms with Crippen molar-refractivity contribution in [2.45, 2.75) is 19.8 Å². The Morgan fingerprint density at radius 2 is 1.94 bits per heavy atom. The Balaban J connectivity index is 1.53. The molecule has 1 saturated heterocycles. The maximum absolute atomic E-state index is 12.5. The van der Waals surface area contributed by atoms with Crippen molar-refractivity contribution in [2.24, 2.45) is 0 Å². The lowest BCUT2D eigenvalue weighted by Crippen LogP contribution is -2.48. The Hall–Kier alpha value is -4.21. The zero-order valence-corrected chi connectivity index (χ0v) is 18.7. The zero-order valence-electron chi connectivity index (χ0n) is 18.7. The summed E-state index contributed by atoms with van der Waals surface area (Å²) in [6.45, 7) is 4.18. The Kier molecular flexibility index (Phi) is 5.48. The van der Waals surface area contributed by atoms with Crippen LogP contribution < -0.4 is 10.5 Å². The summed E-state index contributed by atoms with van der Waals surface area (Å²) >= 11 is 0. The third-order valence-corrected chi connectivity index (χ3v) is 6.28. The number of H-pyrrole nitrogens is 2. The lowest BCUT2D eigenvalue weighted by atomic mass is 10.0. The molecule has 1 aliphatic heterocycles. The SMILES string of the molecule is CC(=O)N1CCN(c2nccc(-c3ccc4[nH]c(=O)c5[nH]cc(CCC(=O)O)c5c4c3)n2)CC1. The van der Waals surface area contributed by atoms with Gasteiger partial charge in [0, 0.05) is 73.8 Å². The molecule has 3 aromatic heterocycles. The average Bonchev–Trinajstić information content (AvgIpc) is 3.28. The summed E-state index contributed by atoms with van der Waals surface area (Å²) in [4.78, 5) is 54.2. The minimum absolute atomic E-state index is 0.0207. The molecule has 4 heterocycles. The standard InChI is InChI=1S/C24H24N6O4/c1-14(31)29-8-10-30(11-9-29)24-25-7-6-18(28-24)15-2-4-19-17(12-15)21-16(3-5-20(32)33)13-26-22(21)23(34)27-19/h2,4,6-7,12-13,26H,3,5,8-11H2,1H3,(H,27,34)(H,32,33). The number of aryl methyl sites for hydroxylation is 1. The Bertz CT molecular complexity index is 1470. The molecule has 1 fully saturated rings. The van der Waals surface area contributed by atoms with Gasteiger partial charge < -0.3 is 24.9 Å². The molecule has 10 heteroatoms. The summed E-state index contributed by atoms with van der Waals surface area (Å²) in [5.74, 6) is -0.208. The molecule has 0 saturated carbocycles. The maximum atomic E-state index is 12.5. The van der Waals surface area contributed by atoms with Crippen LogP contribution in [-0.4, -0.2) is 68.0 Å². The smallest absolute Gasteiger partial charge is 0.303 e. The van der Waals surface area contributed by atoms with Gasteiger partial charge in [-0.05, 0) is 30.2 Å². The topological polar surface area (TPSA) is 135 Å². The highest BCUT2D eigenvalue weighted by Gasteiger charge is 2.21. The van der Waals surface area contributed by atoms with Gasteiger partial charge in [0.25, 0.3) is 5.56 Å². The predicted molar refractivity (Wildman–Crippen MR) is 128 cm³/mol. The van der Waals surface area contributed by atoms with E-state index < -0.39 is 5.97 Å².